The Morgan fingerprint density at radius 3 is 2.90 bits per heavy atom. The molecule has 0 radical (unpaired) electrons. The van der Waals surface area contributed by atoms with Crippen LogP contribution in [0.1, 0.15) is 12.0 Å². The van der Waals surface area contributed by atoms with Crippen molar-refractivity contribution in [3.05, 3.63) is 69.8 Å². The summed E-state index contributed by atoms with van der Waals surface area (Å²) in [7, 11) is 1.62. The van der Waals surface area contributed by atoms with Gasteiger partial charge in [0.1, 0.15) is 0 Å². The number of hydrogen-bond donors (Lipinski definition) is 0. The zero-order valence-corrected chi connectivity index (χ0v) is 11.6. The lowest BCUT2D eigenvalue weighted by atomic mass is 10.0. The SMILES string of the molecule is COC1C=CC(C(=O)/C=C/c2cccc([N+](=O)[O-])c2)=CC1. The third-order valence-corrected chi connectivity index (χ3v) is 3.16. The van der Waals surface area contributed by atoms with Crippen LogP contribution in [-0.2, 0) is 9.53 Å². The second-order valence-corrected chi connectivity index (χ2v) is 4.58. The van der Waals surface area contributed by atoms with Crippen molar-refractivity contribution in [2.24, 2.45) is 0 Å². The van der Waals surface area contributed by atoms with Crippen molar-refractivity contribution in [2.45, 2.75) is 12.5 Å². The van der Waals surface area contributed by atoms with Crippen molar-refractivity contribution in [1.29, 1.82) is 0 Å². The lowest BCUT2D eigenvalue weighted by Crippen LogP contribution is -2.10. The van der Waals surface area contributed by atoms with Crippen LogP contribution in [0.5, 0.6) is 0 Å². The normalized spacial score (nSPS) is 17.8. The number of allylic oxidation sites excluding steroid dienone is 3. The molecular weight excluding hydrogens is 270 g/mol. The van der Waals surface area contributed by atoms with Gasteiger partial charge in [0.15, 0.2) is 5.78 Å². The lowest BCUT2D eigenvalue weighted by molar-refractivity contribution is -0.384. The van der Waals surface area contributed by atoms with E-state index in [0.29, 0.717) is 17.6 Å². The van der Waals surface area contributed by atoms with Crippen LogP contribution in [0.25, 0.3) is 6.08 Å². The summed E-state index contributed by atoms with van der Waals surface area (Å²) in [5, 5.41) is 10.7. The fraction of sp³-hybridized carbons (Fsp3) is 0.188. The highest BCUT2D eigenvalue weighted by molar-refractivity contribution is 6.08. The van der Waals surface area contributed by atoms with E-state index in [9.17, 15) is 14.9 Å². The van der Waals surface area contributed by atoms with E-state index >= 15 is 0 Å². The number of nitro groups is 1. The summed E-state index contributed by atoms with van der Waals surface area (Å²) in [5.41, 5.74) is 1.22. The van der Waals surface area contributed by atoms with Crippen molar-refractivity contribution in [3.8, 4) is 0 Å². The minimum atomic E-state index is -0.462. The van der Waals surface area contributed by atoms with Crippen LogP contribution in [-0.4, -0.2) is 23.9 Å². The zero-order valence-electron chi connectivity index (χ0n) is 11.6. The quantitative estimate of drug-likeness (QED) is 0.473. The molecule has 5 heteroatoms. The van der Waals surface area contributed by atoms with E-state index in [-0.39, 0.29) is 17.6 Å². The summed E-state index contributed by atoms with van der Waals surface area (Å²) < 4.78 is 5.16. The van der Waals surface area contributed by atoms with Crippen LogP contribution >= 0.6 is 0 Å². The Balaban J connectivity index is 2.06. The number of rotatable bonds is 5. The molecule has 0 aliphatic heterocycles. The number of ether oxygens (including phenoxy) is 1. The van der Waals surface area contributed by atoms with Gasteiger partial charge in [0.25, 0.3) is 5.69 Å². The Kier molecular flexibility index (Phi) is 4.79. The molecule has 1 atom stereocenters. The van der Waals surface area contributed by atoms with Gasteiger partial charge in [-0.05, 0) is 18.1 Å². The molecule has 0 saturated carbocycles. The molecule has 0 amide bonds. The van der Waals surface area contributed by atoms with Gasteiger partial charge in [-0.1, -0.05) is 36.4 Å². The van der Waals surface area contributed by atoms with Gasteiger partial charge in [-0.25, -0.2) is 0 Å². The summed E-state index contributed by atoms with van der Waals surface area (Å²) in [6.07, 6.45) is 9.08. The molecule has 0 heterocycles. The van der Waals surface area contributed by atoms with Crippen molar-refractivity contribution in [2.75, 3.05) is 7.11 Å². The average Bonchev–Trinajstić information content (AvgIpc) is 2.53. The van der Waals surface area contributed by atoms with Crippen LogP contribution in [0.4, 0.5) is 5.69 Å². The van der Waals surface area contributed by atoms with Gasteiger partial charge in [-0.15, -0.1) is 0 Å². The monoisotopic (exact) mass is 285 g/mol. The second-order valence-electron chi connectivity index (χ2n) is 4.58. The highest BCUT2D eigenvalue weighted by atomic mass is 16.6. The smallest absolute Gasteiger partial charge is 0.270 e. The summed E-state index contributed by atoms with van der Waals surface area (Å²) in [4.78, 5) is 22.2. The first kappa shape index (κ1) is 14.9. The number of benzene rings is 1. The predicted molar refractivity (Wildman–Crippen MR) is 79.8 cm³/mol. The molecule has 1 aliphatic rings. The number of ketones is 1. The number of nitro benzene ring substituents is 1. The maximum absolute atomic E-state index is 12.0. The van der Waals surface area contributed by atoms with E-state index in [1.54, 1.807) is 31.4 Å². The van der Waals surface area contributed by atoms with Gasteiger partial charge in [-0.2, -0.15) is 0 Å². The maximum Gasteiger partial charge on any atom is 0.270 e. The first-order valence-electron chi connectivity index (χ1n) is 6.48. The number of carbonyl (C=O) groups is 1. The first-order chi connectivity index (χ1) is 10.1. The number of methoxy groups -OCH3 is 1. The second kappa shape index (κ2) is 6.76. The Bertz CT molecular complexity index is 643. The third-order valence-electron chi connectivity index (χ3n) is 3.16. The molecule has 1 aromatic carbocycles. The Hall–Kier alpha value is -2.53. The average molecular weight is 285 g/mol. The van der Waals surface area contributed by atoms with Crippen LogP contribution in [0.15, 0.2) is 54.1 Å². The van der Waals surface area contributed by atoms with Crippen molar-refractivity contribution in [3.63, 3.8) is 0 Å². The molecule has 108 valence electrons. The summed E-state index contributed by atoms with van der Waals surface area (Å²) in [6.45, 7) is 0. The van der Waals surface area contributed by atoms with Gasteiger partial charge in [0.05, 0.1) is 11.0 Å². The summed E-state index contributed by atoms with van der Waals surface area (Å²) in [6, 6.07) is 6.14. The molecule has 0 saturated heterocycles. The van der Waals surface area contributed by atoms with Gasteiger partial charge in [-0.3, -0.25) is 14.9 Å². The Labute approximate surface area is 122 Å². The number of hydrogen-bond acceptors (Lipinski definition) is 4. The molecule has 0 bridgehead atoms. The Morgan fingerprint density at radius 1 is 1.48 bits per heavy atom. The lowest BCUT2D eigenvalue weighted by Gasteiger charge is -2.12. The highest BCUT2D eigenvalue weighted by Crippen LogP contribution is 2.16. The van der Waals surface area contributed by atoms with Crippen molar-refractivity contribution < 1.29 is 14.5 Å². The molecule has 21 heavy (non-hydrogen) atoms. The van der Waals surface area contributed by atoms with Crippen molar-refractivity contribution >= 4 is 17.5 Å². The zero-order chi connectivity index (χ0) is 15.2. The molecule has 0 aromatic heterocycles. The maximum atomic E-state index is 12.0. The molecule has 5 nitrogen and oxygen atoms in total. The predicted octanol–water partition coefficient (Wildman–Crippen LogP) is 3.08. The minimum absolute atomic E-state index is 0.00399. The highest BCUT2D eigenvalue weighted by Gasteiger charge is 2.11. The number of non-ortho nitro benzene ring substituents is 1. The van der Waals surface area contributed by atoms with E-state index < -0.39 is 4.92 Å². The van der Waals surface area contributed by atoms with E-state index in [0.717, 1.165) is 0 Å². The van der Waals surface area contributed by atoms with Crippen LogP contribution in [0.2, 0.25) is 0 Å². The van der Waals surface area contributed by atoms with Crippen LogP contribution < -0.4 is 0 Å². The van der Waals surface area contributed by atoms with Crippen LogP contribution in [0, 0.1) is 10.1 Å². The molecule has 0 N–H and O–H groups in total. The molecular formula is C16H15NO4. The van der Waals surface area contributed by atoms with E-state index in [4.69, 9.17) is 4.74 Å². The Morgan fingerprint density at radius 2 is 2.29 bits per heavy atom. The minimum Gasteiger partial charge on any atom is -0.377 e. The van der Waals surface area contributed by atoms with Gasteiger partial charge in [0, 0.05) is 24.8 Å². The van der Waals surface area contributed by atoms with Crippen LogP contribution in [0.3, 0.4) is 0 Å². The van der Waals surface area contributed by atoms with E-state index in [1.165, 1.54) is 18.2 Å². The van der Waals surface area contributed by atoms with Crippen molar-refractivity contribution in [1.82, 2.24) is 0 Å². The molecule has 0 fully saturated rings. The number of carbonyl (C=O) groups excluding carboxylic acids is 1. The molecule has 1 unspecified atom stereocenters. The fourth-order valence-electron chi connectivity index (χ4n) is 1.97. The van der Waals surface area contributed by atoms with E-state index in [2.05, 4.69) is 0 Å². The van der Waals surface area contributed by atoms with Gasteiger partial charge in [0.2, 0.25) is 0 Å². The molecule has 1 aromatic rings. The van der Waals surface area contributed by atoms with E-state index in [1.807, 2.05) is 12.2 Å². The molecule has 1 aliphatic carbocycles. The summed E-state index contributed by atoms with van der Waals surface area (Å²) >= 11 is 0. The topological polar surface area (TPSA) is 69.4 Å². The summed E-state index contributed by atoms with van der Waals surface area (Å²) in [5.74, 6) is -0.132. The van der Waals surface area contributed by atoms with Gasteiger partial charge >= 0.3 is 0 Å². The third kappa shape index (κ3) is 3.97. The number of nitrogens with zero attached hydrogens (tertiary/aromatic N) is 1. The fourth-order valence-corrected chi connectivity index (χ4v) is 1.97. The standard InChI is InChI=1S/C16H15NO4/c1-21-15-8-6-13(7-9-15)16(18)10-5-12-3-2-4-14(11-12)17(19)20/h2-8,10-11,15H,9H2,1H3/b10-5+. The molecule has 2 rings (SSSR count). The largest absolute Gasteiger partial charge is 0.377 e. The first-order valence-corrected chi connectivity index (χ1v) is 6.48. The molecule has 0 spiro atoms. The van der Waals surface area contributed by atoms with Gasteiger partial charge < -0.3 is 4.74 Å².